The summed E-state index contributed by atoms with van der Waals surface area (Å²) in [7, 11) is 1.39. The molecule has 0 atom stereocenters. The van der Waals surface area contributed by atoms with E-state index < -0.39 is 5.82 Å². The minimum atomic E-state index is -0.475. The quantitative estimate of drug-likeness (QED) is 0.738. The third kappa shape index (κ3) is 1.50. The third-order valence-corrected chi connectivity index (χ3v) is 2.44. The Morgan fingerprint density at radius 1 is 1.58 bits per heavy atom. The van der Waals surface area contributed by atoms with Gasteiger partial charge in [0.25, 0.3) is 0 Å². The molecular formula is C8H5FINO. The minimum absolute atomic E-state index is 0.165. The van der Waals surface area contributed by atoms with Crippen LogP contribution < -0.4 is 4.74 Å². The third-order valence-electron chi connectivity index (χ3n) is 1.39. The molecule has 0 aromatic heterocycles. The molecule has 1 aromatic rings. The fraction of sp³-hybridized carbons (Fsp3) is 0.125. The highest BCUT2D eigenvalue weighted by Crippen LogP contribution is 2.24. The van der Waals surface area contributed by atoms with Crippen molar-refractivity contribution in [3.05, 3.63) is 27.1 Å². The first-order valence-electron chi connectivity index (χ1n) is 3.12. The van der Waals surface area contributed by atoms with E-state index in [4.69, 9.17) is 10.00 Å². The van der Waals surface area contributed by atoms with E-state index in [0.29, 0.717) is 9.13 Å². The van der Waals surface area contributed by atoms with Gasteiger partial charge in [-0.25, -0.2) is 4.39 Å². The molecule has 0 fully saturated rings. The van der Waals surface area contributed by atoms with Gasteiger partial charge in [0.1, 0.15) is 6.07 Å². The molecule has 0 spiro atoms. The fourth-order valence-corrected chi connectivity index (χ4v) is 1.34. The van der Waals surface area contributed by atoms with E-state index in [1.165, 1.54) is 19.2 Å². The van der Waals surface area contributed by atoms with Gasteiger partial charge in [-0.05, 0) is 34.7 Å². The average molecular weight is 277 g/mol. The maximum Gasteiger partial charge on any atom is 0.179 e. The maximum atomic E-state index is 13.2. The number of hydrogen-bond acceptors (Lipinski definition) is 2. The Bertz CT molecular complexity index is 346. The van der Waals surface area contributed by atoms with Gasteiger partial charge < -0.3 is 4.74 Å². The van der Waals surface area contributed by atoms with Gasteiger partial charge in [-0.1, -0.05) is 0 Å². The van der Waals surface area contributed by atoms with Gasteiger partial charge in [0, 0.05) is 0 Å². The number of nitriles is 1. The van der Waals surface area contributed by atoms with Crippen LogP contribution in [-0.2, 0) is 0 Å². The molecule has 0 saturated heterocycles. The first kappa shape index (κ1) is 9.26. The van der Waals surface area contributed by atoms with Crippen molar-refractivity contribution in [1.82, 2.24) is 0 Å². The van der Waals surface area contributed by atoms with Crippen LogP contribution in [0.5, 0.6) is 5.75 Å². The fourth-order valence-electron chi connectivity index (χ4n) is 0.776. The predicted octanol–water partition coefficient (Wildman–Crippen LogP) is 2.31. The Balaban J connectivity index is 3.32. The molecule has 1 aromatic carbocycles. The average Bonchev–Trinajstić information content (AvgIpc) is 2.10. The van der Waals surface area contributed by atoms with E-state index in [1.54, 1.807) is 22.6 Å². The summed E-state index contributed by atoms with van der Waals surface area (Å²) in [5.41, 5.74) is 0.328. The molecule has 0 aliphatic carbocycles. The van der Waals surface area contributed by atoms with Crippen molar-refractivity contribution in [2.45, 2.75) is 0 Å². The van der Waals surface area contributed by atoms with Crippen LogP contribution in [0.15, 0.2) is 12.1 Å². The summed E-state index contributed by atoms with van der Waals surface area (Å²) >= 11 is 1.78. The molecule has 0 unspecified atom stereocenters. The topological polar surface area (TPSA) is 33.0 Å². The Morgan fingerprint density at radius 2 is 2.25 bits per heavy atom. The minimum Gasteiger partial charge on any atom is -0.494 e. The van der Waals surface area contributed by atoms with Crippen LogP contribution in [0.3, 0.4) is 0 Å². The Hall–Kier alpha value is -0.830. The van der Waals surface area contributed by atoms with Crippen LogP contribution in [0.2, 0.25) is 0 Å². The molecule has 2 nitrogen and oxygen atoms in total. The number of benzene rings is 1. The zero-order chi connectivity index (χ0) is 9.14. The molecule has 0 radical (unpaired) electrons. The highest BCUT2D eigenvalue weighted by atomic mass is 127. The summed E-state index contributed by atoms with van der Waals surface area (Å²) in [6, 6.07) is 4.86. The summed E-state index contributed by atoms with van der Waals surface area (Å²) in [4.78, 5) is 0. The zero-order valence-electron chi connectivity index (χ0n) is 6.27. The smallest absolute Gasteiger partial charge is 0.179 e. The number of methoxy groups -OCH3 is 1. The van der Waals surface area contributed by atoms with Crippen molar-refractivity contribution in [3.63, 3.8) is 0 Å². The molecule has 1 rings (SSSR count). The second-order valence-electron chi connectivity index (χ2n) is 2.06. The molecule has 4 heteroatoms. The van der Waals surface area contributed by atoms with Crippen LogP contribution in [0, 0.1) is 20.7 Å². The van der Waals surface area contributed by atoms with Crippen LogP contribution in [0.1, 0.15) is 5.56 Å². The molecule has 0 N–H and O–H groups in total. The number of nitrogens with zero attached hydrogens (tertiary/aromatic N) is 1. The van der Waals surface area contributed by atoms with Crippen molar-refractivity contribution in [2.24, 2.45) is 0 Å². The monoisotopic (exact) mass is 277 g/mol. The van der Waals surface area contributed by atoms with E-state index in [2.05, 4.69) is 0 Å². The number of hydrogen-bond donors (Lipinski definition) is 0. The number of halogens is 2. The molecule has 0 heterocycles. The van der Waals surface area contributed by atoms with Crippen LogP contribution in [0.4, 0.5) is 4.39 Å². The van der Waals surface area contributed by atoms with E-state index in [-0.39, 0.29) is 5.75 Å². The highest BCUT2D eigenvalue weighted by molar-refractivity contribution is 14.1. The first-order valence-corrected chi connectivity index (χ1v) is 4.20. The van der Waals surface area contributed by atoms with E-state index >= 15 is 0 Å². The summed E-state index contributed by atoms with van der Waals surface area (Å²) in [5, 5.41) is 8.54. The van der Waals surface area contributed by atoms with Crippen molar-refractivity contribution < 1.29 is 9.13 Å². The van der Waals surface area contributed by atoms with Gasteiger partial charge in [-0.2, -0.15) is 5.26 Å². The summed E-state index contributed by atoms with van der Waals surface area (Å²) in [5.74, 6) is -0.310. The molecule has 0 amide bonds. The largest absolute Gasteiger partial charge is 0.494 e. The van der Waals surface area contributed by atoms with Gasteiger partial charge in [-0.3, -0.25) is 0 Å². The van der Waals surface area contributed by atoms with Gasteiger partial charge in [0.05, 0.1) is 16.2 Å². The maximum absolute atomic E-state index is 13.2. The molecule has 0 bridgehead atoms. The SMILES string of the molecule is COc1ccc(C#N)c(I)c1F. The van der Waals surface area contributed by atoms with E-state index in [1.807, 2.05) is 6.07 Å². The summed E-state index contributed by atoms with van der Waals surface area (Å²) in [6.45, 7) is 0. The molecule has 12 heavy (non-hydrogen) atoms. The predicted molar refractivity (Wildman–Crippen MR) is 50.4 cm³/mol. The Kier molecular flexibility index (Phi) is 2.87. The lowest BCUT2D eigenvalue weighted by atomic mass is 10.2. The van der Waals surface area contributed by atoms with Crippen LogP contribution >= 0.6 is 22.6 Å². The van der Waals surface area contributed by atoms with Gasteiger partial charge in [-0.15, -0.1) is 0 Å². The summed E-state index contributed by atoms with van der Waals surface area (Å²) < 4.78 is 18.2. The molecule has 0 saturated carbocycles. The van der Waals surface area contributed by atoms with E-state index in [9.17, 15) is 4.39 Å². The number of rotatable bonds is 1. The highest BCUT2D eigenvalue weighted by Gasteiger charge is 2.10. The zero-order valence-corrected chi connectivity index (χ0v) is 8.42. The van der Waals surface area contributed by atoms with E-state index in [0.717, 1.165) is 0 Å². The Labute approximate surface area is 83.1 Å². The van der Waals surface area contributed by atoms with Gasteiger partial charge >= 0.3 is 0 Å². The number of ether oxygens (including phenoxy) is 1. The van der Waals surface area contributed by atoms with Crippen molar-refractivity contribution in [2.75, 3.05) is 7.11 Å². The Morgan fingerprint density at radius 3 is 2.75 bits per heavy atom. The van der Waals surface area contributed by atoms with Crippen molar-refractivity contribution in [3.8, 4) is 11.8 Å². The lowest BCUT2D eigenvalue weighted by Gasteiger charge is -2.03. The van der Waals surface area contributed by atoms with Crippen LogP contribution in [0.25, 0.3) is 0 Å². The van der Waals surface area contributed by atoms with Gasteiger partial charge in [0.2, 0.25) is 0 Å². The second kappa shape index (κ2) is 3.72. The molecule has 0 aliphatic rings. The van der Waals surface area contributed by atoms with Gasteiger partial charge in [0.15, 0.2) is 11.6 Å². The van der Waals surface area contributed by atoms with Crippen molar-refractivity contribution >= 4 is 22.6 Å². The first-order chi connectivity index (χ1) is 5.70. The molecular weight excluding hydrogens is 272 g/mol. The van der Waals surface area contributed by atoms with Crippen LogP contribution in [-0.4, -0.2) is 7.11 Å². The standard InChI is InChI=1S/C8H5FINO/c1-12-6-3-2-5(4-11)8(10)7(6)9/h2-3H,1H3. The summed E-state index contributed by atoms with van der Waals surface area (Å²) in [6.07, 6.45) is 0. The normalized spacial score (nSPS) is 9.17. The lowest BCUT2D eigenvalue weighted by molar-refractivity contribution is 0.385. The molecule has 0 aliphatic heterocycles. The van der Waals surface area contributed by atoms with Crippen molar-refractivity contribution in [1.29, 1.82) is 5.26 Å². The second-order valence-corrected chi connectivity index (χ2v) is 3.13. The lowest BCUT2D eigenvalue weighted by Crippen LogP contribution is -1.93. The molecule has 62 valence electrons.